The number of allylic oxidation sites excluding steroid dienone is 5. The highest BCUT2D eigenvalue weighted by atomic mass is 16.6. The molecule has 37 heavy (non-hydrogen) atoms. The number of carbonyl (C=O) groups excluding carboxylic acids is 3. The van der Waals surface area contributed by atoms with Gasteiger partial charge in [-0.05, 0) is 44.1 Å². The maximum absolute atomic E-state index is 13.5. The average Bonchev–Trinajstić information content (AvgIpc) is 3.77. The molecule has 7 heteroatoms. The van der Waals surface area contributed by atoms with Crippen molar-refractivity contribution in [3.63, 3.8) is 0 Å². The van der Waals surface area contributed by atoms with Crippen LogP contribution in [0.1, 0.15) is 58.8 Å². The van der Waals surface area contributed by atoms with E-state index in [1.165, 1.54) is 13.2 Å². The SMILES string of the molecule is COC1=C2CC(C)CCCC3OC(O)(C=CC3C)C3(CC3)C34C=CC=C(C(=O)NC(=CC1=O)C2=O)C3C4. The fourth-order valence-electron chi connectivity index (χ4n) is 7.36. The van der Waals surface area contributed by atoms with Crippen LogP contribution < -0.4 is 5.32 Å². The van der Waals surface area contributed by atoms with Crippen LogP contribution in [0.3, 0.4) is 0 Å². The van der Waals surface area contributed by atoms with Crippen molar-refractivity contribution in [2.45, 2.75) is 70.7 Å². The van der Waals surface area contributed by atoms with Crippen LogP contribution in [0.15, 0.2) is 59.1 Å². The summed E-state index contributed by atoms with van der Waals surface area (Å²) in [7, 11) is 1.40. The number of methoxy groups -OCH3 is 1. The van der Waals surface area contributed by atoms with Crippen LogP contribution in [0.4, 0.5) is 0 Å². The molecule has 0 radical (unpaired) electrons. The quantitative estimate of drug-likeness (QED) is 0.415. The first-order valence-corrected chi connectivity index (χ1v) is 13.5. The number of fused-ring (bicyclic) bond motifs is 5. The van der Waals surface area contributed by atoms with E-state index in [1.807, 2.05) is 12.2 Å². The smallest absolute Gasteiger partial charge is 0.252 e. The van der Waals surface area contributed by atoms with Crippen LogP contribution in [0.2, 0.25) is 0 Å². The highest BCUT2D eigenvalue weighted by molar-refractivity contribution is 6.23. The summed E-state index contributed by atoms with van der Waals surface area (Å²) in [5.41, 5.74) is 0.0486. The van der Waals surface area contributed by atoms with Crippen LogP contribution in [-0.2, 0) is 23.9 Å². The van der Waals surface area contributed by atoms with Crippen molar-refractivity contribution in [1.82, 2.24) is 5.32 Å². The molecular weight excluding hydrogens is 470 g/mol. The second kappa shape index (κ2) is 8.37. The number of ketones is 2. The fourth-order valence-corrected chi connectivity index (χ4v) is 7.36. The topological polar surface area (TPSA) is 102 Å². The number of hydrogen-bond acceptors (Lipinski definition) is 6. The molecule has 4 aliphatic carbocycles. The average molecular weight is 506 g/mol. The number of aliphatic hydroxyl groups is 1. The van der Waals surface area contributed by atoms with Gasteiger partial charge in [-0.15, -0.1) is 0 Å². The predicted molar refractivity (Wildman–Crippen MR) is 135 cm³/mol. The molecule has 0 aromatic heterocycles. The Morgan fingerprint density at radius 3 is 2.65 bits per heavy atom. The lowest BCUT2D eigenvalue weighted by atomic mass is 9.72. The van der Waals surface area contributed by atoms with E-state index in [0.717, 1.165) is 38.5 Å². The highest BCUT2D eigenvalue weighted by Crippen LogP contribution is 2.80. The van der Waals surface area contributed by atoms with Crippen molar-refractivity contribution in [1.29, 1.82) is 0 Å². The zero-order valence-electron chi connectivity index (χ0n) is 21.7. The molecule has 196 valence electrons. The van der Waals surface area contributed by atoms with Gasteiger partial charge >= 0.3 is 0 Å². The van der Waals surface area contributed by atoms with Crippen molar-refractivity contribution >= 4 is 17.5 Å². The number of amides is 1. The van der Waals surface area contributed by atoms with Gasteiger partial charge in [-0.25, -0.2) is 0 Å². The van der Waals surface area contributed by atoms with Crippen LogP contribution in [0, 0.1) is 28.6 Å². The Morgan fingerprint density at radius 2 is 1.92 bits per heavy atom. The summed E-state index contributed by atoms with van der Waals surface area (Å²) >= 11 is 0. The number of nitrogens with one attached hydrogen (secondary N) is 1. The van der Waals surface area contributed by atoms with Gasteiger partial charge in [0.25, 0.3) is 5.91 Å². The van der Waals surface area contributed by atoms with Gasteiger partial charge < -0.3 is 19.9 Å². The molecule has 6 unspecified atom stereocenters. The van der Waals surface area contributed by atoms with Crippen LogP contribution in [0.5, 0.6) is 0 Å². The largest absolute Gasteiger partial charge is 0.492 e. The summed E-state index contributed by atoms with van der Waals surface area (Å²) in [6, 6.07) is 0. The number of hydrogen-bond donors (Lipinski definition) is 2. The van der Waals surface area contributed by atoms with Crippen LogP contribution in [-0.4, -0.2) is 41.6 Å². The lowest BCUT2D eigenvalue weighted by molar-refractivity contribution is -0.261. The highest BCUT2D eigenvalue weighted by Gasteiger charge is 2.78. The third-order valence-corrected chi connectivity index (χ3v) is 9.66. The molecule has 3 fully saturated rings. The van der Waals surface area contributed by atoms with Gasteiger partial charge in [-0.1, -0.05) is 51.0 Å². The summed E-state index contributed by atoms with van der Waals surface area (Å²) in [5, 5.41) is 14.7. The van der Waals surface area contributed by atoms with Crippen molar-refractivity contribution < 1.29 is 29.0 Å². The van der Waals surface area contributed by atoms with E-state index in [-0.39, 0.29) is 52.4 Å². The van der Waals surface area contributed by atoms with Gasteiger partial charge in [0.1, 0.15) is 0 Å². The summed E-state index contributed by atoms with van der Waals surface area (Å²) in [6.45, 7) is 4.17. The van der Waals surface area contributed by atoms with Crippen LogP contribution in [0.25, 0.3) is 0 Å². The molecule has 2 saturated carbocycles. The predicted octanol–water partition coefficient (Wildman–Crippen LogP) is 3.81. The second-order valence-electron chi connectivity index (χ2n) is 11.9. The summed E-state index contributed by atoms with van der Waals surface area (Å²) in [4.78, 5) is 39.7. The Balaban J connectivity index is 1.38. The van der Waals surface area contributed by atoms with Gasteiger partial charge in [-0.3, -0.25) is 14.4 Å². The zero-order chi connectivity index (χ0) is 26.2. The monoisotopic (exact) mass is 505 g/mol. The molecule has 2 N–H and O–H groups in total. The minimum atomic E-state index is -1.37. The van der Waals surface area contributed by atoms with Crippen molar-refractivity contribution in [3.05, 3.63) is 59.1 Å². The van der Waals surface area contributed by atoms with E-state index in [0.29, 0.717) is 17.6 Å². The summed E-state index contributed by atoms with van der Waals surface area (Å²) < 4.78 is 11.9. The van der Waals surface area contributed by atoms with E-state index < -0.39 is 17.0 Å². The van der Waals surface area contributed by atoms with Gasteiger partial charge in [0.2, 0.25) is 11.6 Å². The molecule has 1 spiro atoms. The molecule has 6 atom stereocenters. The molecule has 2 heterocycles. The standard InChI is InChI=1S/C30H35NO6/c1-17-6-4-8-24-18(2)9-11-30(35,37-24)29(12-13-29)28-10-5-7-19(21(28)16-28)27(34)31-22-15-23(32)26(36-3)20(14-17)25(22)33/h5,7,9-11,15,17-18,21,24,35H,4,6,8,12-14,16H2,1-3H3,(H,31,34). The minimum Gasteiger partial charge on any atom is -0.492 e. The van der Waals surface area contributed by atoms with E-state index in [9.17, 15) is 19.5 Å². The Bertz CT molecular complexity index is 1230. The van der Waals surface area contributed by atoms with Crippen molar-refractivity contribution in [2.24, 2.45) is 28.6 Å². The van der Waals surface area contributed by atoms with Gasteiger partial charge in [0.05, 0.1) is 18.9 Å². The normalized spacial score (nSPS) is 40.4. The number of rotatable bonds is 1. The summed E-state index contributed by atoms with van der Waals surface area (Å²) in [6.07, 6.45) is 16.1. The molecular formula is C30H35NO6. The first-order chi connectivity index (χ1) is 17.6. The van der Waals surface area contributed by atoms with Gasteiger partial charge in [0.15, 0.2) is 11.5 Å². The lowest BCUT2D eigenvalue weighted by Gasteiger charge is -2.45. The molecule has 6 aliphatic rings. The Morgan fingerprint density at radius 1 is 1.14 bits per heavy atom. The molecule has 1 saturated heterocycles. The Labute approximate surface area is 217 Å². The maximum Gasteiger partial charge on any atom is 0.252 e. The Kier molecular flexibility index (Phi) is 5.55. The first kappa shape index (κ1) is 24.6. The number of carbonyl (C=O) groups is 3. The van der Waals surface area contributed by atoms with Gasteiger partial charge in [0, 0.05) is 39.9 Å². The Hall–Kier alpha value is -2.77. The molecule has 7 nitrogen and oxygen atoms in total. The third kappa shape index (κ3) is 3.57. The second-order valence-corrected chi connectivity index (χ2v) is 11.9. The van der Waals surface area contributed by atoms with Gasteiger partial charge in [-0.2, -0.15) is 0 Å². The minimum absolute atomic E-state index is 0.000249. The van der Waals surface area contributed by atoms with Crippen LogP contribution >= 0.6 is 0 Å². The molecule has 1 amide bonds. The lowest BCUT2D eigenvalue weighted by Crippen LogP contribution is -2.51. The molecule has 0 aromatic carbocycles. The van der Waals surface area contributed by atoms with E-state index >= 15 is 0 Å². The molecule has 6 bridgehead atoms. The molecule has 0 aromatic rings. The number of ether oxygens (including phenoxy) is 2. The first-order valence-electron chi connectivity index (χ1n) is 13.5. The summed E-state index contributed by atoms with van der Waals surface area (Å²) in [5.74, 6) is -2.24. The van der Waals surface area contributed by atoms with E-state index in [4.69, 9.17) is 9.47 Å². The maximum atomic E-state index is 13.5. The zero-order valence-corrected chi connectivity index (χ0v) is 21.7. The van der Waals surface area contributed by atoms with E-state index in [2.05, 4.69) is 31.3 Å². The number of Topliss-reactive ketones (excluding diaryl/α,β-unsaturated/α-hetero) is 1. The molecule has 6 rings (SSSR count). The fraction of sp³-hybridized carbons (Fsp3) is 0.567. The van der Waals surface area contributed by atoms with E-state index in [1.54, 1.807) is 6.08 Å². The molecule has 2 aliphatic heterocycles. The van der Waals surface area contributed by atoms with Crippen molar-refractivity contribution in [2.75, 3.05) is 7.11 Å². The van der Waals surface area contributed by atoms with Crippen molar-refractivity contribution in [3.8, 4) is 0 Å². The third-order valence-electron chi connectivity index (χ3n) is 9.66.